The Kier molecular flexibility index (Phi) is 11.6. The van der Waals surface area contributed by atoms with Crippen molar-refractivity contribution in [1.29, 1.82) is 0 Å². The molecule has 0 heterocycles. The first-order chi connectivity index (χ1) is 9.92. The molecule has 0 aromatic heterocycles. The van der Waals surface area contributed by atoms with Crippen LogP contribution in [0.3, 0.4) is 0 Å². The summed E-state index contributed by atoms with van der Waals surface area (Å²) < 4.78 is 5.11. The van der Waals surface area contributed by atoms with Crippen molar-refractivity contribution in [3.8, 4) is 0 Å². The summed E-state index contributed by atoms with van der Waals surface area (Å²) in [6.07, 6.45) is 12.5. The summed E-state index contributed by atoms with van der Waals surface area (Å²) in [5, 5.41) is 9.87. The Morgan fingerprint density at radius 3 is 1.81 bits per heavy atom. The topological polar surface area (TPSA) is 49.8 Å². The van der Waals surface area contributed by atoms with Gasteiger partial charge in [0.05, 0.1) is 6.61 Å². The highest BCUT2D eigenvalue weighted by Gasteiger charge is 2.34. The van der Waals surface area contributed by atoms with Crippen molar-refractivity contribution in [2.45, 2.75) is 83.8 Å². The highest BCUT2D eigenvalue weighted by atomic mass is 16.6. The molecular weight excluding hydrogens is 266 g/mol. The summed E-state index contributed by atoms with van der Waals surface area (Å²) in [7, 11) is 3.31. The van der Waals surface area contributed by atoms with Crippen LogP contribution in [0.25, 0.3) is 0 Å². The van der Waals surface area contributed by atoms with E-state index in [2.05, 4.69) is 6.92 Å². The number of ether oxygens (including phenoxy) is 1. The maximum atomic E-state index is 11.7. The van der Waals surface area contributed by atoms with Crippen LogP contribution >= 0.6 is 0 Å². The Labute approximate surface area is 130 Å². The van der Waals surface area contributed by atoms with Crippen molar-refractivity contribution in [3.63, 3.8) is 0 Å². The number of likely N-dealkylation sites (N-methyl/N-ethyl adjacent to an activating group) is 1. The summed E-state index contributed by atoms with van der Waals surface area (Å²) in [6, 6.07) is 0. The van der Waals surface area contributed by atoms with Gasteiger partial charge >= 0.3 is 5.97 Å². The predicted molar refractivity (Wildman–Crippen MR) is 87.1 cm³/mol. The maximum absolute atomic E-state index is 11.7. The number of hydrogen-bond acceptors (Lipinski definition) is 4. The molecule has 0 aliphatic rings. The molecule has 1 N–H and O–H groups in total. The monoisotopic (exact) mass is 301 g/mol. The maximum Gasteiger partial charge on any atom is 0.353 e. The number of nitrogens with zero attached hydrogens (tertiary/aromatic N) is 1. The van der Waals surface area contributed by atoms with E-state index in [1.807, 2.05) is 0 Å². The van der Waals surface area contributed by atoms with Gasteiger partial charge in [-0.3, -0.25) is 4.90 Å². The molecule has 0 radical (unpaired) electrons. The van der Waals surface area contributed by atoms with E-state index < -0.39 is 11.7 Å². The number of unbranched alkanes of at least 4 members (excludes halogenated alkanes) is 9. The normalized spacial score (nSPS) is 14.2. The van der Waals surface area contributed by atoms with E-state index in [0.29, 0.717) is 6.61 Å². The average Bonchev–Trinajstić information content (AvgIpc) is 2.44. The van der Waals surface area contributed by atoms with Crippen molar-refractivity contribution in [2.75, 3.05) is 20.7 Å². The van der Waals surface area contributed by atoms with E-state index in [9.17, 15) is 9.90 Å². The molecule has 0 amide bonds. The molecule has 4 heteroatoms. The number of esters is 1. The van der Waals surface area contributed by atoms with Gasteiger partial charge in [-0.15, -0.1) is 0 Å². The second-order valence-electron chi connectivity index (χ2n) is 6.23. The molecule has 0 rings (SSSR count). The molecule has 0 aliphatic carbocycles. The van der Waals surface area contributed by atoms with Crippen LogP contribution in [0.4, 0.5) is 0 Å². The van der Waals surface area contributed by atoms with Gasteiger partial charge in [-0.25, -0.2) is 4.79 Å². The average molecular weight is 301 g/mol. The summed E-state index contributed by atoms with van der Waals surface area (Å²) in [4.78, 5) is 13.1. The first-order valence-corrected chi connectivity index (χ1v) is 8.50. The van der Waals surface area contributed by atoms with Crippen LogP contribution in [0, 0.1) is 0 Å². The molecule has 0 saturated heterocycles. The first-order valence-electron chi connectivity index (χ1n) is 8.50. The van der Waals surface area contributed by atoms with Crippen molar-refractivity contribution >= 4 is 5.97 Å². The fraction of sp³-hybridized carbons (Fsp3) is 0.941. The highest BCUT2D eigenvalue weighted by Crippen LogP contribution is 2.12. The Balaban J connectivity index is 3.39. The number of carbonyl (C=O) groups is 1. The van der Waals surface area contributed by atoms with Gasteiger partial charge < -0.3 is 9.84 Å². The van der Waals surface area contributed by atoms with Crippen LogP contribution in [-0.4, -0.2) is 42.4 Å². The van der Waals surface area contributed by atoms with Crippen LogP contribution in [-0.2, 0) is 9.53 Å². The first kappa shape index (κ1) is 20.4. The molecule has 4 nitrogen and oxygen atoms in total. The van der Waals surface area contributed by atoms with E-state index in [-0.39, 0.29) is 0 Å². The van der Waals surface area contributed by atoms with Gasteiger partial charge in [0.15, 0.2) is 0 Å². The summed E-state index contributed by atoms with van der Waals surface area (Å²) in [5.74, 6) is -0.566. The molecule has 0 aliphatic heterocycles. The summed E-state index contributed by atoms with van der Waals surface area (Å²) in [5.41, 5.74) is -1.53. The summed E-state index contributed by atoms with van der Waals surface area (Å²) in [6.45, 7) is 4.10. The molecule has 0 aromatic rings. The highest BCUT2D eigenvalue weighted by molar-refractivity contribution is 5.78. The number of carbonyl (C=O) groups excluding carboxylic acids is 1. The largest absolute Gasteiger partial charge is 0.463 e. The Hall–Kier alpha value is -0.610. The van der Waals surface area contributed by atoms with Crippen LogP contribution in [0.15, 0.2) is 0 Å². The quantitative estimate of drug-likeness (QED) is 0.320. The molecular formula is C17H35NO3. The van der Waals surface area contributed by atoms with Crippen LogP contribution in [0.1, 0.15) is 78.1 Å². The lowest BCUT2D eigenvalue weighted by Crippen LogP contribution is -2.49. The lowest BCUT2D eigenvalue weighted by atomic mass is 10.1. The van der Waals surface area contributed by atoms with Crippen molar-refractivity contribution in [1.82, 2.24) is 4.90 Å². The summed E-state index contributed by atoms with van der Waals surface area (Å²) >= 11 is 0. The molecule has 1 unspecified atom stereocenters. The third kappa shape index (κ3) is 9.86. The predicted octanol–water partition coefficient (Wildman–Crippen LogP) is 3.72. The van der Waals surface area contributed by atoms with Gasteiger partial charge in [-0.05, 0) is 27.4 Å². The molecule has 1 atom stereocenters. The number of hydrogen-bond donors (Lipinski definition) is 1. The lowest BCUT2D eigenvalue weighted by molar-refractivity contribution is -0.180. The zero-order valence-corrected chi connectivity index (χ0v) is 14.5. The molecule has 0 saturated carbocycles. The minimum atomic E-state index is -1.53. The van der Waals surface area contributed by atoms with E-state index in [0.717, 1.165) is 12.8 Å². The zero-order valence-electron chi connectivity index (χ0n) is 14.5. The number of rotatable bonds is 13. The smallest absolute Gasteiger partial charge is 0.353 e. The fourth-order valence-electron chi connectivity index (χ4n) is 2.07. The second-order valence-corrected chi connectivity index (χ2v) is 6.23. The standard InChI is InChI=1S/C17H35NO3/c1-5-6-7-8-9-10-11-12-13-14-15-21-16(19)17(2,20)18(3)4/h20H,5-15H2,1-4H3. The molecule has 0 aromatic carbocycles. The van der Waals surface area contributed by atoms with Crippen molar-refractivity contribution < 1.29 is 14.6 Å². The minimum Gasteiger partial charge on any atom is -0.463 e. The third-order valence-corrected chi connectivity index (χ3v) is 3.99. The van der Waals surface area contributed by atoms with E-state index in [1.54, 1.807) is 14.1 Å². The van der Waals surface area contributed by atoms with E-state index >= 15 is 0 Å². The van der Waals surface area contributed by atoms with Crippen LogP contribution in [0.2, 0.25) is 0 Å². The molecule has 0 fully saturated rings. The molecule has 0 bridgehead atoms. The van der Waals surface area contributed by atoms with Crippen LogP contribution in [0.5, 0.6) is 0 Å². The van der Waals surface area contributed by atoms with Gasteiger partial charge in [0.25, 0.3) is 0 Å². The Bertz CT molecular complexity index is 265. The SMILES string of the molecule is CCCCCCCCCCCCOC(=O)C(C)(O)N(C)C. The Morgan fingerprint density at radius 1 is 0.952 bits per heavy atom. The molecule has 0 spiro atoms. The third-order valence-electron chi connectivity index (χ3n) is 3.99. The van der Waals surface area contributed by atoms with Gasteiger partial charge in [0, 0.05) is 0 Å². The fourth-order valence-corrected chi connectivity index (χ4v) is 2.07. The second kappa shape index (κ2) is 12.0. The zero-order chi connectivity index (χ0) is 16.1. The van der Waals surface area contributed by atoms with Crippen LogP contribution < -0.4 is 0 Å². The van der Waals surface area contributed by atoms with Gasteiger partial charge in [-0.2, -0.15) is 0 Å². The number of aliphatic hydroxyl groups is 1. The van der Waals surface area contributed by atoms with Gasteiger partial charge in [-0.1, -0.05) is 64.7 Å². The van der Waals surface area contributed by atoms with Gasteiger partial charge in [0.2, 0.25) is 5.72 Å². The van der Waals surface area contributed by atoms with Crippen molar-refractivity contribution in [3.05, 3.63) is 0 Å². The molecule has 21 heavy (non-hydrogen) atoms. The van der Waals surface area contributed by atoms with E-state index in [1.165, 1.54) is 63.2 Å². The minimum absolute atomic E-state index is 0.402. The van der Waals surface area contributed by atoms with Crippen molar-refractivity contribution in [2.24, 2.45) is 0 Å². The Morgan fingerprint density at radius 2 is 1.38 bits per heavy atom. The van der Waals surface area contributed by atoms with Gasteiger partial charge in [0.1, 0.15) is 0 Å². The lowest BCUT2D eigenvalue weighted by Gasteiger charge is -2.27. The molecule has 126 valence electrons. The van der Waals surface area contributed by atoms with E-state index in [4.69, 9.17) is 4.74 Å².